The molecule has 0 unspecified atom stereocenters. The lowest BCUT2D eigenvalue weighted by molar-refractivity contribution is -0.00859. The highest BCUT2D eigenvalue weighted by atomic mass is 19.1. The zero-order valence-electron chi connectivity index (χ0n) is 13.1. The highest BCUT2D eigenvalue weighted by Crippen LogP contribution is 2.36. The number of hydrogen-bond donors (Lipinski definition) is 0. The van der Waals surface area contributed by atoms with E-state index in [1.165, 1.54) is 12.4 Å². The first-order valence-electron chi connectivity index (χ1n) is 8.03. The molecule has 126 valence electrons. The number of anilines is 1. The third-order valence-corrected chi connectivity index (χ3v) is 4.42. The van der Waals surface area contributed by atoms with Gasteiger partial charge in [0.25, 0.3) is 0 Å². The highest BCUT2D eigenvalue weighted by Gasteiger charge is 2.45. The Labute approximate surface area is 138 Å². The number of halogens is 1. The zero-order valence-corrected chi connectivity index (χ0v) is 13.1. The first-order valence-corrected chi connectivity index (χ1v) is 8.03. The van der Waals surface area contributed by atoms with Gasteiger partial charge in [0.2, 0.25) is 5.95 Å². The standard InChI is InChI=1S/C16H18FN5O2/c17-12-8-20-14(21-9-12)22-6-1-3-16(11-22)7-13(10-23-16)24-15-18-4-2-5-19-15/h2,4-5,8-9,13H,1,3,6-7,10-11H2/t13-,16-/m1/s1. The molecule has 1 spiro atoms. The van der Waals surface area contributed by atoms with Gasteiger partial charge in [-0.2, -0.15) is 0 Å². The van der Waals surface area contributed by atoms with Gasteiger partial charge in [0.05, 0.1) is 24.6 Å². The van der Waals surface area contributed by atoms with E-state index in [9.17, 15) is 4.39 Å². The molecule has 2 aromatic rings. The fraction of sp³-hybridized carbons (Fsp3) is 0.500. The fourth-order valence-corrected chi connectivity index (χ4v) is 3.40. The van der Waals surface area contributed by atoms with E-state index in [2.05, 4.69) is 19.9 Å². The molecule has 2 aromatic heterocycles. The summed E-state index contributed by atoms with van der Waals surface area (Å²) < 4.78 is 24.9. The van der Waals surface area contributed by atoms with Crippen molar-refractivity contribution in [2.75, 3.05) is 24.6 Å². The van der Waals surface area contributed by atoms with Crippen LogP contribution in [-0.4, -0.2) is 51.3 Å². The Morgan fingerprint density at radius 3 is 2.79 bits per heavy atom. The van der Waals surface area contributed by atoms with Gasteiger partial charge in [-0.25, -0.2) is 24.3 Å². The molecule has 2 aliphatic heterocycles. The Balaban J connectivity index is 1.43. The number of hydrogen-bond acceptors (Lipinski definition) is 7. The van der Waals surface area contributed by atoms with Crippen LogP contribution in [0.3, 0.4) is 0 Å². The van der Waals surface area contributed by atoms with Crippen molar-refractivity contribution >= 4 is 5.95 Å². The predicted octanol–water partition coefficient (Wildman–Crippen LogP) is 1.61. The van der Waals surface area contributed by atoms with Gasteiger partial charge in [-0.1, -0.05) is 0 Å². The molecule has 0 radical (unpaired) electrons. The summed E-state index contributed by atoms with van der Waals surface area (Å²) in [5.41, 5.74) is -0.282. The minimum absolute atomic E-state index is 0.0681. The van der Waals surface area contributed by atoms with Gasteiger partial charge in [-0.15, -0.1) is 0 Å². The van der Waals surface area contributed by atoms with Crippen molar-refractivity contribution in [1.29, 1.82) is 0 Å². The van der Waals surface area contributed by atoms with Crippen molar-refractivity contribution in [3.8, 4) is 6.01 Å². The van der Waals surface area contributed by atoms with Crippen molar-refractivity contribution in [2.45, 2.75) is 31.0 Å². The number of nitrogens with zero attached hydrogens (tertiary/aromatic N) is 5. The molecular weight excluding hydrogens is 313 g/mol. The second-order valence-corrected chi connectivity index (χ2v) is 6.20. The Morgan fingerprint density at radius 2 is 2.00 bits per heavy atom. The molecule has 2 saturated heterocycles. The summed E-state index contributed by atoms with van der Waals surface area (Å²) >= 11 is 0. The summed E-state index contributed by atoms with van der Waals surface area (Å²) in [4.78, 5) is 18.4. The summed E-state index contributed by atoms with van der Waals surface area (Å²) in [7, 11) is 0. The lowest BCUT2D eigenvalue weighted by atomic mass is 9.89. The molecule has 0 aromatic carbocycles. The van der Waals surface area contributed by atoms with E-state index in [0.29, 0.717) is 25.1 Å². The fourth-order valence-electron chi connectivity index (χ4n) is 3.40. The second kappa shape index (κ2) is 6.27. The van der Waals surface area contributed by atoms with Crippen molar-refractivity contribution in [3.05, 3.63) is 36.7 Å². The molecule has 0 saturated carbocycles. The summed E-state index contributed by atoms with van der Waals surface area (Å²) in [5.74, 6) is 0.105. The molecule has 2 aliphatic rings. The maximum absolute atomic E-state index is 13.0. The number of piperidine rings is 1. The van der Waals surface area contributed by atoms with Crippen LogP contribution in [0.25, 0.3) is 0 Å². The summed E-state index contributed by atoms with van der Waals surface area (Å²) in [6, 6.07) is 2.12. The van der Waals surface area contributed by atoms with Gasteiger partial charge in [-0.05, 0) is 18.9 Å². The van der Waals surface area contributed by atoms with Crippen LogP contribution in [0.1, 0.15) is 19.3 Å². The van der Waals surface area contributed by atoms with Crippen molar-refractivity contribution < 1.29 is 13.9 Å². The second-order valence-electron chi connectivity index (χ2n) is 6.20. The average Bonchev–Trinajstić information content (AvgIpc) is 2.98. The van der Waals surface area contributed by atoms with Crippen LogP contribution < -0.4 is 9.64 Å². The molecular formula is C16H18FN5O2. The molecule has 7 nitrogen and oxygen atoms in total. The molecule has 2 fully saturated rings. The summed E-state index contributed by atoms with van der Waals surface area (Å²) in [6.45, 7) is 2.02. The number of ether oxygens (including phenoxy) is 2. The quantitative estimate of drug-likeness (QED) is 0.846. The molecule has 2 atom stereocenters. The van der Waals surface area contributed by atoms with E-state index in [1.807, 2.05) is 4.90 Å². The third-order valence-electron chi connectivity index (χ3n) is 4.42. The van der Waals surface area contributed by atoms with Gasteiger partial charge in [0, 0.05) is 31.9 Å². The normalized spacial score (nSPS) is 26.7. The maximum Gasteiger partial charge on any atom is 0.316 e. The van der Waals surface area contributed by atoms with E-state index in [1.54, 1.807) is 18.5 Å². The van der Waals surface area contributed by atoms with Gasteiger partial charge in [-0.3, -0.25) is 0 Å². The van der Waals surface area contributed by atoms with Crippen LogP contribution >= 0.6 is 0 Å². The van der Waals surface area contributed by atoms with Crippen LogP contribution in [-0.2, 0) is 4.74 Å². The maximum atomic E-state index is 13.0. The Morgan fingerprint density at radius 1 is 1.21 bits per heavy atom. The zero-order chi connectivity index (χ0) is 16.4. The Kier molecular flexibility index (Phi) is 3.97. The number of rotatable bonds is 3. The van der Waals surface area contributed by atoms with Gasteiger partial charge in [0.1, 0.15) is 6.10 Å². The molecule has 0 amide bonds. The Hall–Kier alpha value is -2.35. The van der Waals surface area contributed by atoms with Crippen LogP contribution in [0.15, 0.2) is 30.9 Å². The van der Waals surface area contributed by atoms with E-state index in [4.69, 9.17) is 9.47 Å². The minimum atomic E-state index is -0.432. The first-order chi connectivity index (χ1) is 11.7. The van der Waals surface area contributed by atoms with Crippen molar-refractivity contribution in [1.82, 2.24) is 19.9 Å². The lowest BCUT2D eigenvalue weighted by Crippen LogP contribution is -2.48. The molecule has 0 aliphatic carbocycles. The van der Waals surface area contributed by atoms with Crippen molar-refractivity contribution in [3.63, 3.8) is 0 Å². The Bertz CT molecular complexity index is 687. The van der Waals surface area contributed by atoms with Gasteiger partial charge in [0.15, 0.2) is 5.82 Å². The number of aromatic nitrogens is 4. The summed E-state index contributed by atoms with van der Waals surface area (Å²) in [5, 5.41) is 0. The smallest absolute Gasteiger partial charge is 0.316 e. The molecule has 4 heterocycles. The van der Waals surface area contributed by atoms with E-state index < -0.39 is 5.82 Å². The van der Waals surface area contributed by atoms with Crippen LogP contribution in [0.2, 0.25) is 0 Å². The average molecular weight is 331 g/mol. The van der Waals surface area contributed by atoms with Gasteiger partial charge < -0.3 is 14.4 Å². The predicted molar refractivity (Wildman–Crippen MR) is 83.2 cm³/mol. The molecule has 24 heavy (non-hydrogen) atoms. The van der Waals surface area contributed by atoms with Gasteiger partial charge >= 0.3 is 6.01 Å². The molecule has 0 bridgehead atoms. The topological polar surface area (TPSA) is 73.3 Å². The third kappa shape index (κ3) is 3.14. The first kappa shape index (κ1) is 15.2. The van der Waals surface area contributed by atoms with Crippen LogP contribution in [0.5, 0.6) is 6.01 Å². The molecule has 8 heteroatoms. The monoisotopic (exact) mass is 331 g/mol. The largest absolute Gasteiger partial charge is 0.458 e. The molecule has 4 rings (SSSR count). The minimum Gasteiger partial charge on any atom is -0.458 e. The lowest BCUT2D eigenvalue weighted by Gasteiger charge is -2.39. The van der Waals surface area contributed by atoms with Crippen molar-refractivity contribution in [2.24, 2.45) is 0 Å². The summed E-state index contributed by atoms with van der Waals surface area (Å²) in [6.07, 6.45) is 8.32. The highest BCUT2D eigenvalue weighted by molar-refractivity contribution is 5.31. The van der Waals surface area contributed by atoms with Crippen LogP contribution in [0.4, 0.5) is 10.3 Å². The van der Waals surface area contributed by atoms with E-state index >= 15 is 0 Å². The van der Waals surface area contributed by atoms with E-state index in [-0.39, 0.29) is 11.7 Å². The van der Waals surface area contributed by atoms with Crippen LogP contribution in [0, 0.1) is 5.82 Å². The molecule has 0 N–H and O–H groups in total. The SMILES string of the molecule is Fc1cnc(N2CCC[C@@]3(C[C@@H](Oc4ncccn4)CO3)C2)nc1. The van der Waals surface area contributed by atoms with E-state index in [0.717, 1.165) is 25.8 Å².